The predicted octanol–water partition coefficient (Wildman–Crippen LogP) is 1.46. The van der Waals surface area contributed by atoms with E-state index in [0.29, 0.717) is 18.1 Å². The number of ether oxygens (including phenoxy) is 2. The third-order valence-electron chi connectivity index (χ3n) is 5.30. The van der Waals surface area contributed by atoms with E-state index in [-0.39, 0.29) is 5.41 Å². The summed E-state index contributed by atoms with van der Waals surface area (Å²) in [6.07, 6.45) is 4.17. The summed E-state index contributed by atoms with van der Waals surface area (Å²) in [7, 11) is 1.80. The van der Waals surface area contributed by atoms with Crippen molar-refractivity contribution in [2.24, 2.45) is 11.3 Å². The van der Waals surface area contributed by atoms with Crippen LogP contribution >= 0.6 is 0 Å². The minimum atomic E-state index is 0.156. The molecule has 1 saturated heterocycles. The molecule has 0 unspecified atom stereocenters. The van der Waals surface area contributed by atoms with Crippen LogP contribution in [0.2, 0.25) is 0 Å². The van der Waals surface area contributed by atoms with Crippen LogP contribution in [0.25, 0.3) is 0 Å². The summed E-state index contributed by atoms with van der Waals surface area (Å²) < 4.78 is 11.0. The van der Waals surface area contributed by atoms with E-state index in [4.69, 9.17) is 9.47 Å². The Morgan fingerprint density at radius 3 is 2.52 bits per heavy atom. The third-order valence-corrected chi connectivity index (χ3v) is 5.30. The number of anilines is 1. The number of nitrogens with one attached hydrogen (secondary N) is 1. The lowest BCUT2D eigenvalue weighted by Crippen LogP contribution is -2.66. The molecule has 1 saturated carbocycles. The fourth-order valence-corrected chi connectivity index (χ4v) is 4.15. The van der Waals surface area contributed by atoms with Crippen LogP contribution in [0, 0.1) is 11.3 Å². The average Bonchev–Trinajstić information content (AvgIpc) is 2.56. The van der Waals surface area contributed by atoms with Gasteiger partial charge in [0.1, 0.15) is 0 Å². The molecule has 128 valence electrons. The maximum atomic E-state index is 5.60. The Balaban J connectivity index is 1.55. The van der Waals surface area contributed by atoms with Crippen molar-refractivity contribution in [3.63, 3.8) is 0 Å². The zero-order valence-corrected chi connectivity index (χ0v) is 14.6. The van der Waals surface area contributed by atoms with E-state index in [1.165, 1.54) is 0 Å². The van der Waals surface area contributed by atoms with Gasteiger partial charge in [0, 0.05) is 56.2 Å². The molecule has 2 fully saturated rings. The minimum Gasteiger partial charge on any atom is -0.380 e. The molecule has 0 aromatic carbocycles. The van der Waals surface area contributed by atoms with Crippen molar-refractivity contribution in [2.45, 2.75) is 39.5 Å². The van der Waals surface area contributed by atoms with Gasteiger partial charge >= 0.3 is 0 Å². The zero-order valence-electron chi connectivity index (χ0n) is 14.6. The second-order valence-electron chi connectivity index (χ2n) is 7.19. The van der Waals surface area contributed by atoms with Crippen LogP contribution in [0.5, 0.6) is 0 Å². The second kappa shape index (κ2) is 6.71. The van der Waals surface area contributed by atoms with Gasteiger partial charge in [0.25, 0.3) is 0 Å². The Labute approximate surface area is 138 Å². The molecule has 3 rings (SSSR count). The van der Waals surface area contributed by atoms with E-state index in [9.17, 15) is 0 Å². The van der Waals surface area contributed by atoms with E-state index >= 15 is 0 Å². The van der Waals surface area contributed by atoms with Gasteiger partial charge in [-0.1, -0.05) is 20.8 Å². The normalized spacial score (nSPS) is 30.1. The Kier molecular flexibility index (Phi) is 4.85. The quantitative estimate of drug-likeness (QED) is 0.886. The van der Waals surface area contributed by atoms with Gasteiger partial charge in [-0.2, -0.15) is 0 Å². The number of nitrogens with zero attached hydrogens (tertiary/aromatic N) is 3. The summed E-state index contributed by atoms with van der Waals surface area (Å²) in [4.78, 5) is 11.2. The first-order valence-electron chi connectivity index (χ1n) is 8.44. The molecule has 0 spiro atoms. The Morgan fingerprint density at radius 2 is 1.96 bits per heavy atom. The monoisotopic (exact) mass is 320 g/mol. The molecule has 2 heterocycles. The molecule has 3 atom stereocenters. The van der Waals surface area contributed by atoms with Gasteiger partial charge in [0.05, 0.1) is 19.3 Å². The first kappa shape index (κ1) is 16.6. The maximum absolute atomic E-state index is 5.60. The number of methoxy groups -OCH3 is 1. The highest BCUT2D eigenvalue weighted by molar-refractivity contribution is 5.30. The van der Waals surface area contributed by atoms with Gasteiger partial charge in [-0.05, 0) is 5.92 Å². The lowest BCUT2D eigenvalue weighted by molar-refractivity contribution is -0.145. The summed E-state index contributed by atoms with van der Waals surface area (Å²) in [5, 5.41) is 3.65. The van der Waals surface area contributed by atoms with E-state index in [0.717, 1.165) is 44.4 Å². The van der Waals surface area contributed by atoms with E-state index < -0.39 is 0 Å². The zero-order chi connectivity index (χ0) is 16.4. The number of aromatic nitrogens is 2. The van der Waals surface area contributed by atoms with Crippen molar-refractivity contribution in [3.8, 4) is 0 Å². The standard InChI is InChI=1S/C17H28N4O2/c1-12-14(17(2,3)15(12)22-4)18-9-13-10-19-16(20-11-13)21-5-7-23-8-6-21/h10-12,14-15,18H,5-9H2,1-4H3/t12-,14+,15-/m1/s1. The first-order chi connectivity index (χ1) is 11.0. The van der Waals surface area contributed by atoms with Crippen LogP contribution in [0.4, 0.5) is 5.95 Å². The van der Waals surface area contributed by atoms with E-state index in [1.807, 2.05) is 12.4 Å². The molecule has 1 aliphatic heterocycles. The van der Waals surface area contributed by atoms with Crippen LogP contribution in [0.1, 0.15) is 26.3 Å². The van der Waals surface area contributed by atoms with Crippen LogP contribution in [0.3, 0.4) is 0 Å². The molecule has 2 aliphatic rings. The van der Waals surface area contributed by atoms with Crippen LogP contribution < -0.4 is 10.2 Å². The van der Waals surface area contributed by atoms with Crippen molar-refractivity contribution >= 4 is 5.95 Å². The van der Waals surface area contributed by atoms with Gasteiger partial charge in [-0.15, -0.1) is 0 Å². The van der Waals surface area contributed by atoms with Crippen LogP contribution in [-0.4, -0.2) is 55.5 Å². The highest BCUT2D eigenvalue weighted by atomic mass is 16.5. The molecule has 0 bridgehead atoms. The summed E-state index contributed by atoms with van der Waals surface area (Å²) in [5.41, 5.74) is 1.27. The predicted molar refractivity (Wildman–Crippen MR) is 89.4 cm³/mol. The molecule has 0 amide bonds. The molecule has 6 nitrogen and oxygen atoms in total. The molecule has 1 aromatic heterocycles. The fourth-order valence-electron chi connectivity index (χ4n) is 4.15. The van der Waals surface area contributed by atoms with Gasteiger partial charge < -0.3 is 19.7 Å². The van der Waals surface area contributed by atoms with Crippen molar-refractivity contribution in [2.75, 3.05) is 38.3 Å². The highest BCUT2D eigenvalue weighted by Crippen LogP contribution is 2.46. The smallest absolute Gasteiger partial charge is 0.225 e. The molecule has 1 aliphatic carbocycles. The molecule has 1 N–H and O–H groups in total. The van der Waals surface area contributed by atoms with E-state index in [1.54, 1.807) is 7.11 Å². The largest absolute Gasteiger partial charge is 0.380 e. The minimum absolute atomic E-state index is 0.156. The summed E-state index contributed by atoms with van der Waals surface area (Å²) in [5.74, 6) is 1.32. The summed E-state index contributed by atoms with van der Waals surface area (Å²) in [6, 6.07) is 0.450. The van der Waals surface area contributed by atoms with Crippen molar-refractivity contribution in [3.05, 3.63) is 18.0 Å². The van der Waals surface area contributed by atoms with Crippen molar-refractivity contribution in [1.82, 2.24) is 15.3 Å². The van der Waals surface area contributed by atoms with Gasteiger partial charge in [0.15, 0.2) is 0 Å². The fraction of sp³-hybridized carbons (Fsp3) is 0.765. The Morgan fingerprint density at radius 1 is 1.30 bits per heavy atom. The number of hydrogen-bond acceptors (Lipinski definition) is 6. The molecule has 1 aromatic rings. The topological polar surface area (TPSA) is 59.5 Å². The van der Waals surface area contributed by atoms with Crippen molar-refractivity contribution < 1.29 is 9.47 Å². The van der Waals surface area contributed by atoms with Crippen LogP contribution in [0.15, 0.2) is 12.4 Å². The lowest BCUT2D eigenvalue weighted by atomic mass is 9.58. The Bertz CT molecular complexity index is 514. The average molecular weight is 320 g/mol. The SMILES string of the molecule is CO[C@@H]1[C@H](C)[C@H](NCc2cnc(N3CCOCC3)nc2)C1(C)C. The van der Waals surface area contributed by atoms with Gasteiger partial charge in [-0.25, -0.2) is 9.97 Å². The van der Waals surface area contributed by atoms with E-state index in [2.05, 4.69) is 41.0 Å². The van der Waals surface area contributed by atoms with Gasteiger partial charge in [0.2, 0.25) is 5.95 Å². The molecule has 23 heavy (non-hydrogen) atoms. The molecule has 6 heteroatoms. The number of rotatable bonds is 5. The maximum Gasteiger partial charge on any atom is 0.225 e. The number of morpholine rings is 1. The van der Waals surface area contributed by atoms with Gasteiger partial charge in [-0.3, -0.25) is 0 Å². The van der Waals surface area contributed by atoms with Crippen molar-refractivity contribution in [1.29, 1.82) is 0 Å². The first-order valence-corrected chi connectivity index (χ1v) is 8.44. The number of hydrogen-bond donors (Lipinski definition) is 1. The second-order valence-corrected chi connectivity index (χ2v) is 7.19. The van der Waals surface area contributed by atoms with Crippen LogP contribution in [-0.2, 0) is 16.0 Å². The summed E-state index contributed by atoms with van der Waals surface area (Å²) >= 11 is 0. The lowest BCUT2D eigenvalue weighted by Gasteiger charge is -2.56. The third kappa shape index (κ3) is 3.20. The molecular weight excluding hydrogens is 292 g/mol. The Hall–Kier alpha value is -1.24. The molecule has 0 radical (unpaired) electrons. The molecular formula is C17H28N4O2. The highest BCUT2D eigenvalue weighted by Gasteiger charge is 2.54. The summed E-state index contributed by atoms with van der Waals surface area (Å²) in [6.45, 7) is 10.8.